The Balaban J connectivity index is 2.29. The van der Waals surface area contributed by atoms with Gasteiger partial charge in [-0.25, -0.2) is 4.79 Å². The lowest BCUT2D eigenvalue weighted by molar-refractivity contribution is 0.0527. The summed E-state index contributed by atoms with van der Waals surface area (Å²) in [6, 6.07) is 4.73. The van der Waals surface area contributed by atoms with Crippen LogP contribution in [0.15, 0.2) is 18.2 Å². The number of hydrogen-bond acceptors (Lipinski definition) is 4. The van der Waals surface area contributed by atoms with Gasteiger partial charge in [-0.05, 0) is 45.4 Å². The van der Waals surface area contributed by atoms with Crippen molar-refractivity contribution in [1.82, 2.24) is 10.6 Å². The lowest BCUT2D eigenvalue weighted by Gasteiger charge is -2.19. The van der Waals surface area contributed by atoms with Crippen LogP contribution in [0.3, 0.4) is 0 Å². The summed E-state index contributed by atoms with van der Waals surface area (Å²) in [5.74, 6) is -0.294. The molecule has 0 bridgehead atoms. The summed E-state index contributed by atoms with van der Waals surface area (Å²) in [6.45, 7) is 6.19. The second-order valence-corrected chi connectivity index (χ2v) is 6.21. The number of ether oxygens (including phenoxy) is 1. The van der Waals surface area contributed by atoms with Gasteiger partial charge in [-0.15, -0.1) is 0 Å². The van der Waals surface area contributed by atoms with Gasteiger partial charge in [0.1, 0.15) is 5.60 Å². The molecule has 1 aromatic carbocycles. The summed E-state index contributed by atoms with van der Waals surface area (Å²) in [5, 5.41) is 5.78. The molecule has 0 aromatic heterocycles. The summed E-state index contributed by atoms with van der Waals surface area (Å²) in [7, 11) is 0. The van der Waals surface area contributed by atoms with E-state index in [-0.39, 0.29) is 5.91 Å². The van der Waals surface area contributed by atoms with Gasteiger partial charge in [0.05, 0.1) is 5.56 Å². The first-order valence-electron chi connectivity index (χ1n) is 6.99. The van der Waals surface area contributed by atoms with E-state index in [1.807, 2.05) is 0 Å². The molecule has 1 rings (SSSR count). The average molecular weight is 328 g/mol. The molecule has 22 heavy (non-hydrogen) atoms. The van der Waals surface area contributed by atoms with Crippen molar-refractivity contribution in [3.05, 3.63) is 28.8 Å². The van der Waals surface area contributed by atoms with Crippen LogP contribution in [0.5, 0.6) is 0 Å². The predicted molar refractivity (Wildman–Crippen MR) is 87.1 cm³/mol. The van der Waals surface area contributed by atoms with Crippen LogP contribution in [0.1, 0.15) is 37.6 Å². The molecule has 0 saturated heterocycles. The number of rotatable bonds is 5. The van der Waals surface area contributed by atoms with Crippen molar-refractivity contribution in [2.75, 3.05) is 18.8 Å². The minimum atomic E-state index is -0.525. The van der Waals surface area contributed by atoms with Crippen molar-refractivity contribution in [3.8, 4) is 0 Å². The Hall–Kier alpha value is -1.95. The molecule has 0 unspecified atom stereocenters. The number of benzene rings is 1. The Labute approximate surface area is 135 Å². The van der Waals surface area contributed by atoms with Gasteiger partial charge in [0.15, 0.2) is 0 Å². The molecule has 0 atom stereocenters. The standard InChI is InChI=1S/C15H22ClN3O3/c1-15(2,3)22-14(21)19-8-4-7-18-13(20)11-9-10(16)5-6-12(11)17/h5-6,9H,4,7-8,17H2,1-3H3,(H,18,20)(H,19,21). The third-order valence-electron chi connectivity index (χ3n) is 2.57. The molecule has 2 amide bonds. The monoisotopic (exact) mass is 327 g/mol. The van der Waals surface area contributed by atoms with Crippen LogP contribution in [-0.4, -0.2) is 30.7 Å². The van der Waals surface area contributed by atoms with Crippen molar-refractivity contribution in [2.24, 2.45) is 0 Å². The van der Waals surface area contributed by atoms with E-state index >= 15 is 0 Å². The van der Waals surface area contributed by atoms with Crippen molar-refractivity contribution in [3.63, 3.8) is 0 Å². The van der Waals surface area contributed by atoms with Gasteiger partial charge in [0.25, 0.3) is 5.91 Å². The molecular formula is C15H22ClN3O3. The number of anilines is 1. The number of carbonyl (C=O) groups excluding carboxylic acids is 2. The maximum absolute atomic E-state index is 11.9. The zero-order chi connectivity index (χ0) is 16.8. The maximum atomic E-state index is 11.9. The number of nitrogen functional groups attached to an aromatic ring is 1. The van der Waals surface area contributed by atoms with Gasteiger partial charge >= 0.3 is 6.09 Å². The molecule has 0 radical (unpaired) electrons. The smallest absolute Gasteiger partial charge is 0.407 e. The van der Waals surface area contributed by atoms with Gasteiger partial charge in [0, 0.05) is 23.8 Å². The SMILES string of the molecule is CC(C)(C)OC(=O)NCCCNC(=O)c1cc(Cl)ccc1N. The minimum Gasteiger partial charge on any atom is -0.444 e. The molecular weight excluding hydrogens is 306 g/mol. The van der Waals surface area contributed by atoms with Crippen molar-refractivity contribution < 1.29 is 14.3 Å². The first-order chi connectivity index (χ1) is 10.2. The van der Waals surface area contributed by atoms with E-state index in [2.05, 4.69) is 10.6 Å². The van der Waals surface area contributed by atoms with Crippen LogP contribution < -0.4 is 16.4 Å². The Bertz CT molecular complexity index is 541. The second-order valence-electron chi connectivity index (χ2n) is 5.77. The molecule has 0 aliphatic rings. The number of carbonyl (C=O) groups is 2. The van der Waals surface area contributed by atoms with E-state index in [1.165, 1.54) is 6.07 Å². The Morgan fingerprint density at radius 2 is 1.86 bits per heavy atom. The largest absolute Gasteiger partial charge is 0.444 e. The summed E-state index contributed by atoms with van der Waals surface area (Å²) in [5.41, 5.74) is 5.91. The quantitative estimate of drug-likeness (QED) is 0.572. The zero-order valence-electron chi connectivity index (χ0n) is 13.0. The molecule has 0 spiro atoms. The normalized spacial score (nSPS) is 10.9. The lowest BCUT2D eigenvalue weighted by atomic mass is 10.1. The Morgan fingerprint density at radius 1 is 1.23 bits per heavy atom. The van der Waals surface area contributed by atoms with Crippen molar-refractivity contribution >= 4 is 29.3 Å². The van der Waals surface area contributed by atoms with Gasteiger partial charge in [-0.2, -0.15) is 0 Å². The average Bonchev–Trinajstić information content (AvgIpc) is 2.38. The number of alkyl carbamates (subject to hydrolysis) is 1. The fourth-order valence-electron chi connectivity index (χ4n) is 1.62. The number of nitrogens with one attached hydrogen (secondary N) is 2. The lowest BCUT2D eigenvalue weighted by Crippen LogP contribution is -2.34. The first kappa shape index (κ1) is 18.1. The summed E-state index contributed by atoms with van der Waals surface area (Å²) in [6.07, 6.45) is 0.101. The topological polar surface area (TPSA) is 93.5 Å². The van der Waals surface area contributed by atoms with E-state index in [0.29, 0.717) is 35.8 Å². The van der Waals surface area contributed by atoms with Gasteiger partial charge < -0.3 is 21.1 Å². The van der Waals surface area contributed by atoms with Crippen LogP contribution >= 0.6 is 11.6 Å². The maximum Gasteiger partial charge on any atom is 0.407 e. The molecule has 122 valence electrons. The van der Waals surface area contributed by atoms with Gasteiger partial charge in [-0.3, -0.25) is 4.79 Å². The highest BCUT2D eigenvalue weighted by atomic mass is 35.5. The highest BCUT2D eigenvalue weighted by Gasteiger charge is 2.15. The third kappa shape index (κ3) is 6.67. The third-order valence-corrected chi connectivity index (χ3v) is 2.80. The van der Waals surface area contributed by atoms with E-state index in [9.17, 15) is 9.59 Å². The molecule has 0 aliphatic heterocycles. The Kier molecular flexibility index (Phi) is 6.49. The van der Waals surface area contributed by atoms with E-state index in [4.69, 9.17) is 22.1 Å². The van der Waals surface area contributed by atoms with E-state index < -0.39 is 11.7 Å². The number of halogens is 1. The van der Waals surface area contributed by atoms with Crippen LogP contribution in [0.25, 0.3) is 0 Å². The molecule has 4 N–H and O–H groups in total. The number of nitrogens with two attached hydrogens (primary N) is 1. The molecule has 0 aliphatic carbocycles. The minimum absolute atomic E-state index is 0.294. The van der Waals surface area contributed by atoms with Gasteiger partial charge in [0.2, 0.25) is 0 Å². The summed E-state index contributed by atoms with van der Waals surface area (Å²) in [4.78, 5) is 23.3. The van der Waals surface area contributed by atoms with Crippen LogP contribution in [0.2, 0.25) is 5.02 Å². The molecule has 1 aromatic rings. The molecule has 7 heteroatoms. The highest BCUT2D eigenvalue weighted by molar-refractivity contribution is 6.31. The number of amides is 2. The summed E-state index contributed by atoms with van der Waals surface area (Å²) >= 11 is 5.84. The zero-order valence-corrected chi connectivity index (χ0v) is 13.8. The van der Waals surface area contributed by atoms with Crippen molar-refractivity contribution in [1.29, 1.82) is 0 Å². The van der Waals surface area contributed by atoms with Crippen LogP contribution in [-0.2, 0) is 4.74 Å². The van der Waals surface area contributed by atoms with E-state index in [1.54, 1.807) is 32.9 Å². The molecule has 0 heterocycles. The Morgan fingerprint density at radius 3 is 2.50 bits per heavy atom. The van der Waals surface area contributed by atoms with Crippen LogP contribution in [0, 0.1) is 0 Å². The predicted octanol–water partition coefficient (Wildman–Crippen LogP) is 2.57. The van der Waals surface area contributed by atoms with Gasteiger partial charge in [-0.1, -0.05) is 11.6 Å². The highest BCUT2D eigenvalue weighted by Crippen LogP contribution is 2.17. The number of hydrogen-bond donors (Lipinski definition) is 3. The molecule has 0 saturated carbocycles. The first-order valence-corrected chi connectivity index (χ1v) is 7.37. The van der Waals surface area contributed by atoms with Crippen molar-refractivity contribution in [2.45, 2.75) is 32.8 Å². The fraction of sp³-hybridized carbons (Fsp3) is 0.467. The molecule has 0 fully saturated rings. The fourth-order valence-corrected chi connectivity index (χ4v) is 1.79. The van der Waals surface area contributed by atoms with Crippen LogP contribution in [0.4, 0.5) is 10.5 Å². The summed E-state index contributed by atoms with van der Waals surface area (Å²) < 4.78 is 5.10. The van der Waals surface area contributed by atoms with E-state index in [0.717, 1.165) is 0 Å². The molecule has 6 nitrogen and oxygen atoms in total. The second kappa shape index (κ2) is 7.89.